The molecular formula is C17H26N4O. The Kier molecular flexibility index (Phi) is 4.90. The van der Waals surface area contributed by atoms with Gasteiger partial charge in [-0.25, -0.2) is 9.97 Å². The Morgan fingerprint density at radius 1 is 1.09 bits per heavy atom. The molecule has 2 aliphatic rings. The molecule has 1 aromatic rings. The zero-order valence-corrected chi connectivity index (χ0v) is 13.5. The highest BCUT2D eigenvalue weighted by atomic mass is 16.2. The van der Waals surface area contributed by atoms with Crippen molar-refractivity contribution < 1.29 is 4.79 Å². The molecule has 1 amide bonds. The standard InChI is InChI=1S/C17H26N4O/c1-13-12-15(16(22)21-10-6-3-7-11-21)20-17(18-13)19-14-8-4-2-5-9-14/h12,14H,2-11H2,1H3,(H,18,19,20). The van der Waals surface area contributed by atoms with Gasteiger partial charge in [0.2, 0.25) is 5.95 Å². The normalized spacial score (nSPS) is 20.0. The van der Waals surface area contributed by atoms with Crippen LogP contribution in [0.2, 0.25) is 0 Å². The zero-order valence-electron chi connectivity index (χ0n) is 13.5. The van der Waals surface area contributed by atoms with Crippen molar-refractivity contribution in [2.24, 2.45) is 0 Å². The fourth-order valence-electron chi connectivity index (χ4n) is 3.43. The summed E-state index contributed by atoms with van der Waals surface area (Å²) in [5, 5.41) is 3.43. The minimum absolute atomic E-state index is 0.0527. The predicted octanol–water partition coefficient (Wildman–Crippen LogP) is 3.16. The number of hydrogen-bond donors (Lipinski definition) is 1. The van der Waals surface area contributed by atoms with E-state index in [1.165, 1.54) is 38.5 Å². The van der Waals surface area contributed by atoms with E-state index < -0.39 is 0 Å². The molecule has 0 unspecified atom stereocenters. The van der Waals surface area contributed by atoms with Gasteiger partial charge in [-0.1, -0.05) is 19.3 Å². The van der Waals surface area contributed by atoms with Crippen molar-refractivity contribution in [1.29, 1.82) is 0 Å². The molecule has 0 bridgehead atoms. The minimum atomic E-state index is 0.0527. The van der Waals surface area contributed by atoms with Crippen LogP contribution in [-0.4, -0.2) is 39.9 Å². The van der Waals surface area contributed by atoms with E-state index in [1.807, 2.05) is 17.9 Å². The van der Waals surface area contributed by atoms with Gasteiger partial charge in [-0.15, -0.1) is 0 Å². The van der Waals surface area contributed by atoms with Crippen molar-refractivity contribution >= 4 is 11.9 Å². The Balaban J connectivity index is 1.72. The third-order valence-electron chi connectivity index (χ3n) is 4.66. The molecule has 1 saturated carbocycles. The van der Waals surface area contributed by atoms with E-state index in [-0.39, 0.29) is 5.91 Å². The fraction of sp³-hybridized carbons (Fsp3) is 0.706. The third-order valence-corrected chi connectivity index (χ3v) is 4.66. The average molecular weight is 302 g/mol. The van der Waals surface area contributed by atoms with Gasteiger partial charge in [-0.05, 0) is 45.1 Å². The molecule has 0 aromatic carbocycles. The van der Waals surface area contributed by atoms with Crippen molar-refractivity contribution in [2.45, 2.75) is 64.3 Å². The van der Waals surface area contributed by atoms with E-state index in [2.05, 4.69) is 15.3 Å². The number of nitrogens with zero attached hydrogens (tertiary/aromatic N) is 3. The number of carbonyl (C=O) groups excluding carboxylic acids is 1. The molecule has 3 rings (SSSR count). The summed E-state index contributed by atoms with van der Waals surface area (Å²) in [6, 6.07) is 2.26. The lowest BCUT2D eigenvalue weighted by molar-refractivity contribution is 0.0718. The number of hydrogen-bond acceptors (Lipinski definition) is 4. The number of aromatic nitrogens is 2. The molecule has 0 atom stereocenters. The highest BCUT2D eigenvalue weighted by Crippen LogP contribution is 2.21. The molecular weight excluding hydrogens is 276 g/mol. The van der Waals surface area contributed by atoms with Crippen molar-refractivity contribution in [3.8, 4) is 0 Å². The summed E-state index contributed by atoms with van der Waals surface area (Å²) >= 11 is 0. The summed E-state index contributed by atoms with van der Waals surface area (Å²) < 4.78 is 0. The number of piperidine rings is 1. The predicted molar refractivity (Wildman–Crippen MR) is 87.0 cm³/mol. The van der Waals surface area contributed by atoms with Crippen molar-refractivity contribution in [1.82, 2.24) is 14.9 Å². The Morgan fingerprint density at radius 2 is 1.77 bits per heavy atom. The molecule has 120 valence electrons. The maximum absolute atomic E-state index is 12.6. The Hall–Kier alpha value is -1.65. The second-order valence-electron chi connectivity index (χ2n) is 6.55. The van der Waals surface area contributed by atoms with Crippen LogP contribution in [0.3, 0.4) is 0 Å². The van der Waals surface area contributed by atoms with Gasteiger partial charge in [0.05, 0.1) is 0 Å². The quantitative estimate of drug-likeness (QED) is 0.932. The van der Waals surface area contributed by atoms with Gasteiger partial charge >= 0.3 is 0 Å². The van der Waals surface area contributed by atoms with Crippen molar-refractivity contribution in [3.63, 3.8) is 0 Å². The summed E-state index contributed by atoms with van der Waals surface area (Å²) in [6.45, 7) is 3.64. The van der Waals surface area contributed by atoms with Crippen molar-refractivity contribution in [2.75, 3.05) is 18.4 Å². The van der Waals surface area contributed by atoms with Crippen LogP contribution in [0, 0.1) is 6.92 Å². The first-order valence-corrected chi connectivity index (χ1v) is 8.64. The minimum Gasteiger partial charge on any atom is -0.351 e. The number of aryl methyl sites for hydroxylation is 1. The Labute approximate surface area is 132 Å². The Morgan fingerprint density at radius 3 is 2.50 bits per heavy atom. The molecule has 0 radical (unpaired) electrons. The highest BCUT2D eigenvalue weighted by Gasteiger charge is 2.21. The van der Waals surface area contributed by atoms with Gasteiger partial charge in [0, 0.05) is 24.8 Å². The molecule has 5 heteroatoms. The van der Waals surface area contributed by atoms with Crippen LogP contribution in [0.4, 0.5) is 5.95 Å². The van der Waals surface area contributed by atoms with Gasteiger partial charge in [0.1, 0.15) is 5.69 Å². The van der Waals surface area contributed by atoms with Crippen LogP contribution < -0.4 is 5.32 Å². The summed E-state index contributed by atoms with van der Waals surface area (Å²) in [7, 11) is 0. The maximum Gasteiger partial charge on any atom is 0.272 e. The molecule has 2 fully saturated rings. The van der Waals surface area contributed by atoms with E-state index >= 15 is 0 Å². The third kappa shape index (κ3) is 3.76. The van der Waals surface area contributed by atoms with E-state index in [0.29, 0.717) is 17.7 Å². The van der Waals surface area contributed by atoms with Crippen LogP contribution in [0.5, 0.6) is 0 Å². The summed E-state index contributed by atoms with van der Waals surface area (Å²) in [6.07, 6.45) is 9.63. The molecule has 1 N–H and O–H groups in total. The second-order valence-corrected chi connectivity index (χ2v) is 6.55. The first-order valence-electron chi connectivity index (χ1n) is 8.64. The number of rotatable bonds is 3. The van der Waals surface area contributed by atoms with E-state index in [0.717, 1.165) is 31.6 Å². The molecule has 0 spiro atoms. The summed E-state index contributed by atoms with van der Waals surface area (Å²) in [4.78, 5) is 23.5. The number of carbonyl (C=O) groups is 1. The number of likely N-dealkylation sites (tertiary alicyclic amines) is 1. The smallest absolute Gasteiger partial charge is 0.272 e. The van der Waals surface area contributed by atoms with E-state index in [9.17, 15) is 4.79 Å². The van der Waals surface area contributed by atoms with Gasteiger partial charge in [0.15, 0.2) is 0 Å². The Bertz CT molecular complexity index is 519. The monoisotopic (exact) mass is 302 g/mol. The van der Waals surface area contributed by atoms with Crippen LogP contribution in [0.1, 0.15) is 67.5 Å². The van der Waals surface area contributed by atoms with Gasteiger partial charge in [0.25, 0.3) is 5.91 Å². The fourth-order valence-corrected chi connectivity index (χ4v) is 3.43. The zero-order chi connectivity index (χ0) is 15.4. The maximum atomic E-state index is 12.6. The number of amides is 1. The van der Waals surface area contributed by atoms with Gasteiger partial charge in [-0.3, -0.25) is 4.79 Å². The van der Waals surface area contributed by atoms with Crippen molar-refractivity contribution in [3.05, 3.63) is 17.5 Å². The van der Waals surface area contributed by atoms with Crippen LogP contribution >= 0.6 is 0 Å². The number of nitrogens with one attached hydrogen (secondary N) is 1. The highest BCUT2D eigenvalue weighted by molar-refractivity contribution is 5.92. The summed E-state index contributed by atoms with van der Waals surface area (Å²) in [5.74, 6) is 0.671. The topological polar surface area (TPSA) is 58.1 Å². The SMILES string of the molecule is Cc1cc(C(=O)N2CCCCC2)nc(NC2CCCCC2)n1. The molecule has 1 saturated heterocycles. The second kappa shape index (κ2) is 7.07. The largest absolute Gasteiger partial charge is 0.351 e. The lowest BCUT2D eigenvalue weighted by Gasteiger charge is -2.27. The average Bonchev–Trinajstić information content (AvgIpc) is 2.55. The van der Waals surface area contributed by atoms with Crippen LogP contribution in [-0.2, 0) is 0 Å². The molecule has 5 nitrogen and oxygen atoms in total. The lowest BCUT2D eigenvalue weighted by Crippen LogP contribution is -2.36. The van der Waals surface area contributed by atoms with E-state index in [4.69, 9.17) is 0 Å². The molecule has 1 aromatic heterocycles. The van der Waals surface area contributed by atoms with Gasteiger partial charge < -0.3 is 10.2 Å². The molecule has 1 aliphatic carbocycles. The molecule has 22 heavy (non-hydrogen) atoms. The molecule has 2 heterocycles. The molecule has 1 aliphatic heterocycles. The van der Waals surface area contributed by atoms with E-state index in [1.54, 1.807) is 0 Å². The summed E-state index contributed by atoms with van der Waals surface area (Å²) in [5.41, 5.74) is 1.39. The first-order chi connectivity index (χ1) is 10.7. The van der Waals surface area contributed by atoms with Crippen LogP contribution in [0.25, 0.3) is 0 Å². The van der Waals surface area contributed by atoms with Gasteiger partial charge in [-0.2, -0.15) is 0 Å². The lowest BCUT2D eigenvalue weighted by atomic mass is 9.96. The van der Waals surface area contributed by atoms with Crippen LogP contribution in [0.15, 0.2) is 6.07 Å². The first kappa shape index (κ1) is 15.3. The number of anilines is 1.